The zero-order chi connectivity index (χ0) is 13.3. The summed E-state index contributed by atoms with van der Waals surface area (Å²) >= 11 is 1.15. The summed E-state index contributed by atoms with van der Waals surface area (Å²) in [5.74, 6) is 0.0971. The molecule has 1 amide bonds. The highest BCUT2D eigenvalue weighted by atomic mass is 32.2. The van der Waals surface area contributed by atoms with Crippen LogP contribution in [0, 0.1) is 0 Å². The van der Waals surface area contributed by atoms with Crippen molar-refractivity contribution in [1.82, 2.24) is 4.90 Å². The van der Waals surface area contributed by atoms with Crippen LogP contribution in [0.4, 0.5) is 0 Å². The number of hydrogen-bond acceptors (Lipinski definition) is 4. The largest absolute Gasteiger partial charge is 0.348 e. The molecule has 0 spiro atoms. The number of fused-ring (bicyclic) bond motifs is 1. The van der Waals surface area contributed by atoms with E-state index in [0.717, 1.165) is 11.8 Å². The van der Waals surface area contributed by atoms with Gasteiger partial charge in [0.25, 0.3) is 10.0 Å². The van der Waals surface area contributed by atoms with Crippen molar-refractivity contribution in [2.45, 2.75) is 4.90 Å². The van der Waals surface area contributed by atoms with Crippen LogP contribution in [0.5, 0.6) is 0 Å². The third kappa shape index (κ3) is 2.41. The third-order valence-corrected chi connectivity index (χ3v) is 4.86. The first-order valence-electron chi connectivity index (χ1n) is 5.19. The van der Waals surface area contributed by atoms with E-state index in [-0.39, 0.29) is 16.6 Å². The van der Waals surface area contributed by atoms with Gasteiger partial charge in [-0.15, -0.1) is 0 Å². The molecule has 0 radical (unpaired) electrons. The molecule has 1 aliphatic heterocycles. The molecule has 0 aliphatic carbocycles. The molecule has 0 bridgehead atoms. The van der Waals surface area contributed by atoms with Crippen molar-refractivity contribution in [2.24, 2.45) is 4.40 Å². The van der Waals surface area contributed by atoms with Gasteiger partial charge in [0, 0.05) is 19.7 Å². The molecule has 1 heterocycles. The highest BCUT2D eigenvalue weighted by Gasteiger charge is 2.28. The highest BCUT2D eigenvalue weighted by Crippen LogP contribution is 2.30. The summed E-state index contributed by atoms with van der Waals surface area (Å²) in [7, 11) is -0.267. The van der Waals surface area contributed by atoms with E-state index in [1.807, 2.05) is 0 Å². The summed E-state index contributed by atoms with van der Waals surface area (Å²) in [4.78, 5) is 13.1. The van der Waals surface area contributed by atoms with Crippen molar-refractivity contribution in [2.75, 3.05) is 19.8 Å². The molecule has 0 aromatic heterocycles. The predicted molar refractivity (Wildman–Crippen MR) is 71.3 cm³/mol. The molecule has 0 fully saturated rings. The Labute approximate surface area is 110 Å². The average Bonchev–Trinajstić information content (AvgIpc) is 2.59. The minimum Gasteiger partial charge on any atom is -0.348 e. The molecular formula is C11H12N2O3S2. The van der Waals surface area contributed by atoms with E-state index in [0.29, 0.717) is 10.6 Å². The van der Waals surface area contributed by atoms with Gasteiger partial charge >= 0.3 is 0 Å². The fraction of sp³-hybridized carbons (Fsp3) is 0.273. The number of benzene rings is 1. The molecule has 2 rings (SSSR count). The predicted octanol–water partition coefficient (Wildman–Crippen LogP) is 0.957. The van der Waals surface area contributed by atoms with Crippen LogP contribution in [-0.2, 0) is 14.8 Å². The maximum atomic E-state index is 11.7. The summed E-state index contributed by atoms with van der Waals surface area (Å²) in [6, 6.07) is 6.63. The van der Waals surface area contributed by atoms with E-state index < -0.39 is 10.0 Å². The Morgan fingerprint density at radius 2 is 2.00 bits per heavy atom. The Hall–Kier alpha value is -1.34. The van der Waals surface area contributed by atoms with Crippen LogP contribution >= 0.6 is 11.8 Å². The first kappa shape index (κ1) is 13.1. The fourth-order valence-corrected chi connectivity index (χ4v) is 3.97. The molecule has 5 nitrogen and oxygen atoms in total. The molecule has 1 aliphatic rings. The smallest absolute Gasteiger partial charge is 0.284 e. The summed E-state index contributed by atoms with van der Waals surface area (Å²) in [6.45, 7) is 0. The Kier molecular flexibility index (Phi) is 3.45. The normalized spacial score (nSPS) is 16.0. The molecule has 1 aromatic carbocycles. The summed E-state index contributed by atoms with van der Waals surface area (Å²) in [6.07, 6.45) is 0. The van der Waals surface area contributed by atoms with Crippen molar-refractivity contribution in [1.29, 1.82) is 0 Å². The Morgan fingerprint density at radius 3 is 2.67 bits per heavy atom. The SMILES string of the molecule is CN(C)C(=O)CSC1=NS(=O)(=O)c2ccccc21. The van der Waals surface area contributed by atoms with Gasteiger partial charge in [-0.1, -0.05) is 30.0 Å². The zero-order valence-electron chi connectivity index (χ0n) is 9.95. The minimum atomic E-state index is -3.58. The van der Waals surface area contributed by atoms with E-state index >= 15 is 0 Å². The standard InChI is InChI=1S/C11H12N2O3S2/c1-13(2)10(14)7-17-11-8-5-3-4-6-9(8)18(15,16)12-11/h3-6H,7H2,1-2H3. The number of carbonyl (C=O) groups is 1. The van der Waals surface area contributed by atoms with Gasteiger partial charge < -0.3 is 4.90 Å². The molecule has 0 saturated heterocycles. The maximum absolute atomic E-state index is 11.7. The van der Waals surface area contributed by atoms with Crippen LogP contribution in [0.15, 0.2) is 33.6 Å². The Balaban J connectivity index is 2.24. The average molecular weight is 284 g/mol. The first-order valence-corrected chi connectivity index (χ1v) is 7.62. The second-order valence-corrected chi connectivity index (χ2v) is 6.48. The van der Waals surface area contributed by atoms with E-state index in [2.05, 4.69) is 4.40 Å². The lowest BCUT2D eigenvalue weighted by molar-refractivity contribution is -0.125. The van der Waals surface area contributed by atoms with E-state index in [9.17, 15) is 13.2 Å². The topological polar surface area (TPSA) is 66.8 Å². The lowest BCUT2D eigenvalue weighted by Gasteiger charge is -2.09. The van der Waals surface area contributed by atoms with Crippen LogP contribution in [0.1, 0.15) is 5.56 Å². The summed E-state index contributed by atoms with van der Waals surface area (Å²) in [5.41, 5.74) is 0.578. The molecule has 96 valence electrons. The van der Waals surface area contributed by atoms with Crippen LogP contribution in [-0.4, -0.2) is 44.1 Å². The highest BCUT2D eigenvalue weighted by molar-refractivity contribution is 8.16. The Morgan fingerprint density at radius 1 is 1.33 bits per heavy atom. The van der Waals surface area contributed by atoms with Crippen molar-refractivity contribution >= 4 is 32.7 Å². The van der Waals surface area contributed by atoms with Crippen LogP contribution in [0.25, 0.3) is 0 Å². The van der Waals surface area contributed by atoms with Crippen LogP contribution < -0.4 is 0 Å². The summed E-state index contributed by atoms with van der Waals surface area (Å²) in [5, 5.41) is 0.390. The Bertz CT molecular complexity index is 621. The molecule has 18 heavy (non-hydrogen) atoms. The van der Waals surface area contributed by atoms with Gasteiger partial charge in [0.2, 0.25) is 5.91 Å². The van der Waals surface area contributed by atoms with Crippen molar-refractivity contribution in [3.63, 3.8) is 0 Å². The molecule has 0 saturated carbocycles. The van der Waals surface area contributed by atoms with Crippen LogP contribution in [0.3, 0.4) is 0 Å². The summed E-state index contributed by atoms with van der Waals surface area (Å²) < 4.78 is 27.2. The number of amides is 1. The monoisotopic (exact) mass is 284 g/mol. The number of thioether (sulfide) groups is 1. The number of sulfonamides is 1. The lowest BCUT2D eigenvalue weighted by atomic mass is 10.2. The molecule has 0 unspecified atom stereocenters. The molecule has 0 atom stereocenters. The molecular weight excluding hydrogens is 272 g/mol. The van der Waals surface area contributed by atoms with E-state index in [4.69, 9.17) is 0 Å². The minimum absolute atomic E-state index is 0.0792. The van der Waals surface area contributed by atoms with Gasteiger partial charge in [0.15, 0.2) is 0 Å². The number of carbonyl (C=O) groups excluding carboxylic acids is 1. The van der Waals surface area contributed by atoms with Crippen molar-refractivity contribution < 1.29 is 13.2 Å². The fourth-order valence-electron chi connectivity index (χ4n) is 1.44. The van der Waals surface area contributed by atoms with Gasteiger partial charge in [-0.25, -0.2) is 0 Å². The van der Waals surface area contributed by atoms with Gasteiger partial charge in [0.1, 0.15) is 5.04 Å². The van der Waals surface area contributed by atoms with Gasteiger partial charge in [-0.3, -0.25) is 4.79 Å². The number of rotatable bonds is 2. The zero-order valence-corrected chi connectivity index (χ0v) is 11.6. The molecule has 7 heteroatoms. The molecule has 0 N–H and O–H groups in total. The van der Waals surface area contributed by atoms with Gasteiger partial charge in [0.05, 0.1) is 10.6 Å². The first-order chi connectivity index (χ1) is 8.42. The van der Waals surface area contributed by atoms with E-state index in [1.54, 1.807) is 32.3 Å². The quantitative estimate of drug-likeness (QED) is 0.811. The van der Waals surface area contributed by atoms with Crippen molar-refractivity contribution in [3.8, 4) is 0 Å². The van der Waals surface area contributed by atoms with Crippen molar-refractivity contribution in [3.05, 3.63) is 29.8 Å². The van der Waals surface area contributed by atoms with Crippen LogP contribution in [0.2, 0.25) is 0 Å². The second-order valence-electron chi connectivity index (χ2n) is 3.94. The molecule has 1 aromatic rings. The maximum Gasteiger partial charge on any atom is 0.284 e. The van der Waals surface area contributed by atoms with E-state index in [1.165, 1.54) is 11.0 Å². The third-order valence-electron chi connectivity index (χ3n) is 2.43. The lowest BCUT2D eigenvalue weighted by Crippen LogP contribution is -2.24. The van der Waals surface area contributed by atoms with Gasteiger partial charge in [-0.2, -0.15) is 12.8 Å². The second kappa shape index (κ2) is 4.74. The number of hydrogen-bond donors (Lipinski definition) is 0. The number of nitrogens with zero attached hydrogens (tertiary/aromatic N) is 2. The van der Waals surface area contributed by atoms with Gasteiger partial charge in [-0.05, 0) is 6.07 Å².